The number of thiophene rings is 1. The maximum absolute atomic E-state index is 12.5. The summed E-state index contributed by atoms with van der Waals surface area (Å²) >= 11 is 1.18. The van der Waals surface area contributed by atoms with Crippen LogP contribution in [-0.2, 0) is 4.79 Å². The standard InChI is InChI=1S/C22H19NO5S/c1-2-28-16-10-13(8-9-15(16)24)14-11-17(25)23-19-18(12-6-4-3-5-7-12)21(22(26)27)29-20(14)19/h3-10,14,24H,2,11H2,1H3,(H,23,25)(H,26,27). The highest BCUT2D eigenvalue weighted by atomic mass is 32.1. The Labute approximate surface area is 171 Å². The van der Waals surface area contributed by atoms with Gasteiger partial charge in [0.2, 0.25) is 5.91 Å². The predicted molar refractivity (Wildman–Crippen MR) is 111 cm³/mol. The summed E-state index contributed by atoms with van der Waals surface area (Å²) in [7, 11) is 0. The van der Waals surface area contributed by atoms with E-state index in [1.165, 1.54) is 17.4 Å². The van der Waals surface area contributed by atoms with Gasteiger partial charge in [0.25, 0.3) is 0 Å². The first kappa shape index (κ1) is 19.0. The van der Waals surface area contributed by atoms with Crippen LogP contribution in [0.4, 0.5) is 5.69 Å². The number of carboxylic acid groups (broad SMARTS) is 1. The molecule has 148 valence electrons. The summed E-state index contributed by atoms with van der Waals surface area (Å²) in [5, 5.41) is 22.7. The monoisotopic (exact) mass is 409 g/mol. The van der Waals surface area contributed by atoms with Gasteiger partial charge in [0, 0.05) is 22.8 Å². The molecule has 3 aromatic rings. The van der Waals surface area contributed by atoms with Crippen LogP contribution < -0.4 is 10.1 Å². The number of aromatic carboxylic acids is 1. The lowest BCUT2D eigenvalue weighted by atomic mass is 9.88. The number of amides is 1. The Morgan fingerprint density at radius 1 is 1.24 bits per heavy atom. The molecule has 0 spiro atoms. The van der Waals surface area contributed by atoms with Crippen LogP contribution in [0.15, 0.2) is 48.5 Å². The number of fused-ring (bicyclic) bond motifs is 1. The molecule has 1 atom stereocenters. The molecular weight excluding hydrogens is 390 g/mol. The van der Waals surface area contributed by atoms with Gasteiger partial charge in [-0.3, -0.25) is 4.79 Å². The Kier molecular flexibility index (Phi) is 4.98. The summed E-state index contributed by atoms with van der Waals surface area (Å²) in [6, 6.07) is 14.2. The quantitative estimate of drug-likeness (QED) is 0.568. The summed E-state index contributed by atoms with van der Waals surface area (Å²) in [5.74, 6) is -1.16. The largest absolute Gasteiger partial charge is 0.504 e. The van der Waals surface area contributed by atoms with Crippen LogP contribution in [0.5, 0.6) is 11.5 Å². The number of carboxylic acids is 1. The Hall–Kier alpha value is -3.32. The Bertz CT molecular complexity index is 1090. The van der Waals surface area contributed by atoms with Gasteiger partial charge in [-0.15, -0.1) is 11.3 Å². The van der Waals surface area contributed by atoms with E-state index in [0.29, 0.717) is 23.6 Å². The van der Waals surface area contributed by atoms with Crippen molar-refractivity contribution in [2.45, 2.75) is 19.3 Å². The van der Waals surface area contributed by atoms with Gasteiger partial charge in [0.15, 0.2) is 11.5 Å². The van der Waals surface area contributed by atoms with Gasteiger partial charge >= 0.3 is 5.97 Å². The first-order valence-electron chi connectivity index (χ1n) is 9.20. The molecule has 2 aromatic carbocycles. The number of carbonyl (C=O) groups excluding carboxylic acids is 1. The molecule has 0 bridgehead atoms. The molecule has 2 heterocycles. The lowest BCUT2D eigenvalue weighted by molar-refractivity contribution is -0.116. The van der Waals surface area contributed by atoms with Gasteiger partial charge in [-0.25, -0.2) is 4.79 Å². The molecular formula is C22H19NO5S. The molecule has 29 heavy (non-hydrogen) atoms. The first-order chi connectivity index (χ1) is 14.0. The lowest BCUT2D eigenvalue weighted by Crippen LogP contribution is -2.22. The zero-order valence-electron chi connectivity index (χ0n) is 15.6. The van der Waals surface area contributed by atoms with Gasteiger partial charge < -0.3 is 20.3 Å². The first-order valence-corrected chi connectivity index (χ1v) is 10.0. The molecule has 0 saturated carbocycles. The van der Waals surface area contributed by atoms with E-state index in [1.807, 2.05) is 37.3 Å². The number of ether oxygens (including phenoxy) is 1. The molecule has 0 saturated heterocycles. The van der Waals surface area contributed by atoms with Crippen LogP contribution in [0.1, 0.15) is 39.4 Å². The number of hydrogen-bond acceptors (Lipinski definition) is 5. The average Bonchev–Trinajstić information content (AvgIpc) is 3.09. The number of phenolic OH excluding ortho intramolecular Hbond substituents is 1. The molecule has 6 nitrogen and oxygen atoms in total. The van der Waals surface area contributed by atoms with E-state index in [9.17, 15) is 19.8 Å². The third-order valence-corrected chi connectivity index (χ3v) is 6.14. The van der Waals surface area contributed by atoms with Crippen molar-refractivity contribution in [3.63, 3.8) is 0 Å². The molecule has 1 aliphatic rings. The molecule has 1 amide bonds. The van der Waals surface area contributed by atoms with E-state index in [1.54, 1.807) is 12.1 Å². The highest BCUT2D eigenvalue weighted by Gasteiger charge is 2.34. The molecule has 1 aromatic heterocycles. The highest BCUT2D eigenvalue weighted by molar-refractivity contribution is 7.15. The Morgan fingerprint density at radius 3 is 2.69 bits per heavy atom. The number of hydrogen-bond donors (Lipinski definition) is 3. The van der Waals surface area contributed by atoms with Gasteiger partial charge in [0.1, 0.15) is 4.88 Å². The number of aromatic hydroxyl groups is 1. The molecule has 3 N–H and O–H groups in total. The van der Waals surface area contributed by atoms with Crippen LogP contribution in [0, 0.1) is 0 Å². The predicted octanol–water partition coefficient (Wildman–Crippen LogP) is 4.69. The van der Waals surface area contributed by atoms with E-state index < -0.39 is 5.97 Å². The third-order valence-electron chi connectivity index (χ3n) is 4.85. The topological polar surface area (TPSA) is 95.9 Å². The minimum atomic E-state index is -1.03. The number of benzene rings is 2. The molecule has 4 rings (SSSR count). The van der Waals surface area contributed by atoms with Crippen molar-refractivity contribution in [1.29, 1.82) is 0 Å². The van der Waals surface area contributed by atoms with Crippen LogP contribution >= 0.6 is 11.3 Å². The van der Waals surface area contributed by atoms with Crippen LogP contribution in [0.2, 0.25) is 0 Å². The fraction of sp³-hybridized carbons (Fsp3) is 0.182. The summed E-state index contributed by atoms with van der Waals surface area (Å²) in [5.41, 5.74) is 2.61. The molecule has 0 aliphatic carbocycles. The highest BCUT2D eigenvalue weighted by Crippen LogP contribution is 2.50. The number of rotatable bonds is 5. The van der Waals surface area contributed by atoms with Gasteiger partial charge in [-0.2, -0.15) is 0 Å². The average molecular weight is 409 g/mol. The van der Waals surface area contributed by atoms with Crippen LogP contribution in [-0.4, -0.2) is 28.7 Å². The van der Waals surface area contributed by atoms with Crippen molar-refractivity contribution >= 4 is 28.9 Å². The van der Waals surface area contributed by atoms with Gasteiger partial charge in [0.05, 0.1) is 12.3 Å². The smallest absolute Gasteiger partial charge is 0.346 e. The van der Waals surface area contributed by atoms with Crippen molar-refractivity contribution in [2.24, 2.45) is 0 Å². The second-order valence-corrected chi connectivity index (χ2v) is 7.73. The molecule has 0 fully saturated rings. The second-order valence-electron chi connectivity index (χ2n) is 6.68. The number of anilines is 1. The molecule has 1 unspecified atom stereocenters. The fourth-order valence-electron chi connectivity index (χ4n) is 3.61. The Morgan fingerprint density at radius 2 is 2.00 bits per heavy atom. The minimum absolute atomic E-state index is 0.0264. The number of phenols is 1. The molecule has 7 heteroatoms. The number of nitrogens with one attached hydrogen (secondary N) is 1. The van der Waals surface area contributed by atoms with Gasteiger partial charge in [-0.1, -0.05) is 36.4 Å². The lowest BCUT2D eigenvalue weighted by Gasteiger charge is -2.24. The summed E-state index contributed by atoms with van der Waals surface area (Å²) in [6.07, 6.45) is 0.192. The van der Waals surface area contributed by atoms with E-state index in [0.717, 1.165) is 16.0 Å². The normalized spacial score (nSPS) is 15.5. The summed E-state index contributed by atoms with van der Waals surface area (Å²) < 4.78 is 5.48. The summed E-state index contributed by atoms with van der Waals surface area (Å²) in [4.78, 5) is 25.5. The van der Waals surface area contributed by atoms with Crippen LogP contribution in [0.25, 0.3) is 11.1 Å². The second kappa shape index (κ2) is 7.60. The third kappa shape index (κ3) is 3.45. The van der Waals surface area contributed by atoms with E-state index in [4.69, 9.17) is 4.74 Å². The fourth-order valence-corrected chi connectivity index (χ4v) is 4.85. The molecule has 0 radical (unpaired) electrons. The zero-order chi connectivity index (χ0) is 20.5. The number of carbonyl (C=O) groups is 2. The maximum Gasteiger partial charge on any atom is 0.346 e. The Balaban J connectivity index is 1.89. The van der Waals surface area contributed by atoms with Crippen LogP contribution in [0.3, 0.4) is 0 Å². The van der Waals surface area contributed by atoms with Crippen molar-refractivity contribution in [3.8, 4) is 22.6 Å². The van der Waals surface area contributed by atoms with E-state index >= 15 is 0 Å². The van der Waals surface area contributed by atoms with E-state index in [-0.39, 0.29) is 28.9 Å². The van der Waals surface area contributed by atoms with Crippen molar-refractivity contribution < 1.29 is 24.5 Å². The van der Waals surface area contributed by atoms with Crippen molar-refractivity contribution in [3.05, 3.63) is 63.8 Å². The minimum Gasteiger partial charge on any atom is -0.504 e. The zero-order valence-corrected chi connectivity index (χ0v) is 16.5. The van der Waals surface area contributed by atoms with Crippen molar-refractivity contribution in [2.75, 3.05) is 11.9 Å². The van der Waals surface area contributed by atoms with Gasteiger partial charge in [-0.05, 0) is 30.2 Å². The molecule has 1 aliphatic heterocycles. The maximum atomic E-state index is 12.5. The van der Waals surface area contributed by atoms with E-state index in [2.05, 4.69) is 5.32 Å². The SMILES string of the molecule is CCOc1cc(C2CC(=O)Nc3c2sc(C(=O)O)c3-c2ccccc2)ccc1O. The summed E-state index contributed by atoms with van der Waals surface area (Å²) in [6.45, 7) is 2.22. The van der Waals surface area contributed by atoms with Crippen molar-refractivity contribution in [1.82, 2.24) is 0 Å².